The molecule has 0 saturated heterocycles. The van der Waals surface area contributed by atoms with Crippen LogP contribution < -0.4 is 10.2 Å². The number of nitrogens with one attached hydrogen (secondary N) is 1. The Bertz CT molecular complexity index is 568. The Labute approximate surface area is 127 Å². The third-order valence-corrected chi connectivity index (χ3v) is 3.39. The van der Waals surface area contributed by atoms with E-state index >= 15 is 0 Å². The average Bonchev–Trinajstić information content (AvgIpc) is 2.51. The maximum atomic E-state index is 4.58. The summed E-state index contributed by atoms with van der Waals surface area (Å²) in [6, 6.07) is 10.4. The van der Waals surface area contributed by atoms with Crippen LogP contribution in [0.25, 0.3) is 0 Å². The van der Waals surface area contributed by atoms with Crippen molar-refractivity contribution in [1.82, 2.24) is 15.3 Å². The highest BCUT2D eigenvalue weighted by Crippen LogP contribution is 2.15. The van der Waals surface area contributed by atoms with Crippen LogP contribution in [0.4, 0.5) is 5.82 Å². The van der Waals surface area contributed by atoms with Crippen LogP contribution in [-0.4, -0.2) is 23.1 Å². The summed E-state index contributed by atoms with van der Waals surface area (Å²) in [7, 11) is 0. The quantitative estimate of drug-likeness (QED) is 0.849. The van der Waals surface area contributed by atoms with Gasteiger partial charge in [-0.1, -0.05) is 13.0 Å². The Balaban J connectivity index is 2.13. The Morgan fingerprint density at radius 3 is 2.76 bits per heavy atom. The van der Waals surface area contributed by atoms with Crippen LogP contribution in [-0.2, 0) is 13.1 Å². The van der Waals surface area contributed by atoms with Crippen LogP contribution in [0, 0.1) is 6.92 Å². The molecule has 0 fully saturated rings. The SMILES string of the molecule is CCNCc1ccnc(N(CC)Cc2cccc(C)n2)c1. The summed E-state index contributed by atoms with van der Waals surface area (Å²) in [4.78, 5) is 11.3. The van der Waals surface area contributed by atoms with E-state index in [0.29, 0.717) is 0 Å². The van der Waals surface area contributed by atoms with Crippen molar-refractivity contribution in [3.63, 3.8) is 0 Å². The van der Waals surface area contributed by atoms with Crippen molar-refractivity contribution in [1.29, 1.82) is 0 Å². The van der Waals surface area contributed by atoms with E-state index in [1.807, 2.05) is 19.2 Å². The number of pyridine rings is 2. The van der Waals surface area contributed by atoms with Crippen molar-refractivity contribution in [2.24, 2.45) is 0 Å². The molecule has 0 bridgehead atoms. The minimum atomic E-state index is 0.788. The summed E-state index contributed by atoms with van der Waals surface area (Å²) in [6.45, 7) is 9.84. The maximum Gasteiger partial charge on any atom is 0.129 e. The van der Waals surface area contributed by atoms with E-state index in [-0.39, 0.29) is 0 Å². The highest BCUT2D eigenvalue weighted by atomic mass is 15.2. The average molecular weight is 284 g/mol. The fourth-order valence-electron chi connectivity index (χ4n) is 2.25. The van der Waals surface area contributed by atoms with E-state index in [2.05, 4.69) is 58.3 Å². The molecule has 2 aromatic heterocycles. The van der Waals surface area contributed by atoms with Crippen LogP contribution in [0.15, 0.2) is 36.5 Å². The van der Waals surface area contributed by atoms with Gasteiger partial charge in [-0.15, -0.1) is 0 Å². The zero-order valence-electron chi connectivity index (χ0n) is 13.1. The van der Waals surface area contributed by atoms with Crippen LogP contribution in [0.1, 0.15) is 30.8 Å². The van der Waals surface area contributed by atoms with Gasteiger partial charge in [0.25, 0.3) is 0 Å². The van der Waals surface area contributed by atoms with Gasteiger partial charge in [-0.2, -0.15) is 0 Å². The second-order valence-electron chi connectivity index (χ2n) is 5.09. The Morgan fingerprint density at radius 2 is 2.05 bits per heavy atom. The van der Waals surface area contributed by atoms with Crippen molar-refractivity contribution < 1.29 is 0 Å². The largest absolute Gasteiger partial charge is 0.351 e. The molecule has 2 rings (SSSR count). The molecule has 21 heavy (non-hydrogen) atoms. The monoisotopic (exact) mass is 284 g/mol. The molecule has 0 saturated carbocycles. The Morgan fingerprint density at radius 1 is 1.19 bits per heavy atom. The summed E-state index contributed by atoms with van der Waals surface area (Å²) in [6.07, 6.45) is 1.88. The standard InChI is InChI=1S/C17H24N4/c1-4-18-12-15-9-10-19-17(11-15)21(5-2)13-16-8-6-7-14(3)20-16/h6-11,18H,4-5,12-13H2,1-3H3. The first kappa shape index (κ1) is 15.4. The van der Waals surface area contributed by atoms with Crippen molar-refractivity contribution in [2.45, 2.75) is 33.9 Å². The van der Waals surface area contributed by atoms with E-state index < -0.39 is 0 Å². The van der Waals surface area contributed by atoms with Crippen LogP contribution in [0.2, 0.25) is 0 Å². The lowest BCUT2D eigenvalue weighted by Gasteiger charge is -2.22. The first-order valence-electron chi connectivity index (χ1n) is 7.56. The van der Waals surface area contributed by atoms with Gasteiger partial charge in [-0.05, 0) is 50.2 Å². The van der Waals surface area contributed by atoms with Crippen molar-refractivity contribution in [3.05, 3.63) is 53.5 Å². The summed E-state index contributed by atoms with van der Waals surface area (Å²) < 4.78 is 0. The van der Waals surface area contributed by atoms with E-state index in [1.165, 1.54) is 5.56 Å². The summed E-state index contributed by atoms with van der Waals surface area (Å²) >= 11 is 0. The Kier molecular flexibility index (Phi) is 5.69. The second kappa shape index (κ2) is 7.74. The van der Waals surface area contributed by atoms with Crippen molar-refractivity contribution in [2.75, 3.05) is 18.0 Å². The molecule has 0 amide bonds. The molecular formula is C17H24N4. The molecule has 0 aliphatic rings. The summed E-state index contributed by atoms with van der Waals surface area (Å²) in [5.74, 6) is 1.01. The minimum Gasteiger partial charge on any atom is -0.351 e. The first-order valence-corrected chi connectivity index (χ1v) is 7.56. The molecule has 0 radical (unpaired) electrons. The van der Waals surface area contributed by atoms with Gasteiger partial charge >= 0.3 is 0 Å². The normalized spacial score (nSPS) is 10.6. The zero-order valence-corrected chi connectivity index (χ0v) is 13.1. The molecule has 1 N–H and O–H groups in total. The lowest BCUT2D eigenvalue weighted by Crippen LogP contribution is -2.24. The number of aryl methyl sites for hydroxylation is 1. The van der Waals surface area contributed by atoms with Gasteiger partial charge in [0.05, 0.1) is 12.2 Å². The van der Waals surface area contributed by atoms with Crippen molar-refractivity contribution >= 4 is 5.82 Å². The maximum absolute atomic E-state index is 4.58. The number of anilines is 1. The first-order chi connectivity index (χ1) is 10.2. The lowest BCUT2D eigenvalue weighted by atomic mass is 10.2. The predicted molar refractivity (Wildman–Crippen MR) is 87.3 cm³/mol. The molecule has 4 heteroatoms. The molecule has 112 valence electrons. The van der Waals surface area contributed by atoms with Crippen molar-refractivity contribution in [3.8, 4) is 0 Å². The van der Waals surface area contributed by atoms with Crippen LogP contribution in [0.5, 0.6) is 0 Å². The third-order valence-electron chi connectivity index (χ3n) is 3.39. The minimum absolute atomic E-state index is 0.788. The Hall–Kier alpha value is -1.94. The van der Waals surface area contributed by atoms with E-state index in [0.717, 1.165) is 43.4 Å². The topological polar surface area (TPSA) is 41.1 Å². The molecule has 0 spiro atoms. The number of hydrogen-bond donors (Lipinski definition) is 1. The van der Waals surface area contributed by atoms with Gasteiger partial charge in [0.15, 0.2) is 0 Å². The summed E-state index contributed by atoms with van der Waals surface area (Å²) in [5, 5.41) is 3.35. The molecule has 0 aliphatic heterocycles. The molecule has 0 unspecified atom stereocenters. The molecule has 2 aromatic rings. The number of aromatic nitrogens is 2. The molecule has 0 atom stereocenters. The zero-order chi connectivity index (χ0) is 15.1. The lowest BCUT2D eigenvalue weighted by molar-refractivity contribution is 0.723. The van der Waals surface area contributed by atoms with Gasteiger partial charge in [0.1, 0.15) is 5.82 Å². The van der Waals surface area contributed by atoms with E-state index in [1.54, 1.807) is 0 Å². The molecule has 4 nitrogen and oxygen atoms in total. The van der Waals surface area contributed by atoms with Crippen LogP contribution >= 0.6 is 0 Å². The number of hydrogen-bond acceptors (Lipinski definition) is 4. The molecular weight excluding hydrogens is 260 g/mol. The molecule has 0 aromatic carbocycles. The molecule has 0 aliphatic carbocycles. The van der Waals surface area contributed by atoms with Gasteiger partial charge < -0.3 is 10.2 Å². The van der Waals surface area contributed by atoms with Gasteiger partial charge in [0.2, 0.25) is 0 Å². The van der Waals surface area contributed by atoms with Gasteiger partial charge in [-0.25, -0.2) is 4.98 Å². The van der Waals surface area contributed by atoms with Crippen LogP contribution in [0.3, 0.4) is 0 Å². The predicted octanol–water partition coefficient (Wildman–Crippen LogP) is 2.92. The second-order valence-corrected chi connectivity index (χ2v) is 5.09. The number of nitrogens with zero attached hydrogens (tertiary/aromatic N) is 3. The third kappa shape index (κ3) is 4.53. The fourth-order valence-corrected chi connectivity index (χ4v) is 2.25. The molecule has 2 heterocycles. The highest BCUT2D eigenvalue weighted by Gasteiger charge is 2.08. The number of rotatable bonds is 7. The van der Waals surface area contributed by atoms with E-state index in [4.69, 9.17) is 0 Å². The van der Waals surface area contributed by atoms with E-state index in [9.17, 15) is 0 Å². The highest BCUT2D eigenvalue weighted by molar-refractivity contribution is 5.41. The fraction of sp³-hybridized carbons (Fsp3) is 0.412. The smallest absolute Gasteiger partial charge is 0.129 e. The summed E-state index contributed by atoms with van der Waals surface area (Å²) in [5.41, 5.74) is 3.39. The van der Waals surface area contributed by atoms with Gasteiger partial charge in [0, 0.05) is 25.0 Å². The van der Waals surface area contributed by atoms with Gasteiger partial charge in [-0.3, -0.25) is 4.98 Å².